The number of nitro benzene ring substituents is 1. The number of nitriles is 1. The van der Waals surface area contributed by atoms with Gasteiger partial charge in [-0.25, -0.2) is 0 Å². The van der Waals surface area contributed by atoms with E-state index >= 15 is 0 Å². The molecular formula is C12H5N3O3S. The number of nitrogens with zero attached hydrogens (tertiary/aromatic N) is 2. The summed E-state index contributed by atoms with van der Waals surface area (Å²) in [5, 5.41) is 20.4. The zero-order valence-corrected chi connectivity index (χ0v) is 10.2. The average molecular weight is 271 g/mol. The van der Waals surface area contributed by atoms with E-state index in [0.717, 1.165) is 11.3 Å². The molecule has 7 heteroatoms. The molecule has 3 rings (SSSR count). The number of thiophene rings is 1. The van der Waals surface area contributed by atoms with Crippen molar-refractivity contribution in [3.8, 4) is 6.07 Å². The molecule has 6 nitrogen and oxygen atoms in total. The molecule has 0 radical (unpaired) electrons. The Bertz CT molecular complexity index is 933. The third-order valence-electron chi connectivity index (χ3n) is 2.82. The SMILES string of the molecule is N#Cc1c[nH]c2c(sc3c([N+](=O)[O-])cccc32)c1=O. The van der Waals surface area contributed by atoms with Gasteiger partial charge in [-0.1, -0.05) is 12.1 Å². The molecule has 0 bridgehead atoms. The van der Waals surface area contributed by atoms with Crippen LogP contribution in [0, 0.1) is 21.4 Å². The topological polar surface area (TPSA) is 99.8 Å². The maximum Gasteiger partial charge on any atom is 0.287 e. The van der Waals surface area contributed by atoms with Gasteiger partial charge < -0.3 is 4.98 Å². The van der Waals surface area contributed by atoms with E-state index in [1.807, 2.05) is 0 Å². The molecule has 0 spiro atoms. The summed E-state index contributed by atoms with van der Waals surface area (Å²) >= 11 is 1.04. The van der Waals surface area contributed by atoms with Crippen molar-refractivity contribution >= 4 is 37.3 Å². The highest BCUT2D eigenvalue weighted by Crippen LogP contribution is 2.36. The van der Waals surface area contributed by atoms with E-state index in [1.54, 1.807) is 18.2 Å². The molecule has 92 valence electrons. The lowest BCUT2D eigenvalue weighted by Crippen LogP contribution is -2.04. The summed E-state index contributed by atoms with van der Waals surface area (Å²) in [5.74, 6) is 0. The summed E-state index contributed by atoms with van der Waals surface area (Å²) in [6, 6.07) is 6.48. The van der Waals surface area contributed by atoms with Crippen LogP contribution in [0.15, 0.2) is 29.2 Å². The van der Waals surface area contributed by atoms with Crippen molar-refractivity contribution in [1.29, 1.82) is 5.26 Å². The highest BCUT2D eigenvalue weighted by molar-refractivity contribution is 7.26. The van der Waals surface area contributed by atoms with E-state index in [-0.39, 0.29) is 11.3 Å². The highest BCUT2D eigenvalue weighted by Gasteiger charge is 2.18. The molecule has 2 aromatic heterocycles. The lowest BCUT2D eigenvalue weighted by Gasteiger charge is -1.93. The number of pyridine rings is 1. The van der Waals surface area contributed by atoms with Gasteiger partial charge in [-0.2, -0.15) is 5.26 Å². The van der Waals surface area contributed by atoms with Gasteiger partial charge in [-0.3, -0.25) is 14.9 Å². The largest absolute Gasteiger partial charge is 0.359 e. The fourth-order valence-electron chi connectivity index (χ4n) is 1.97. The molecule has 0 aliphatic rings. The first kappa shape index (κ1) is 11.4. The molecule has 2 heterocycles. The number of hydrogen-bond donors (Lipinski definition) is 1. The highest BCUT2D eigenvalue weighted by atomic mass is 32.1. The minimum absolute atomic E-state index is 0.00158. The summed E-state index contributed by atoms with van der Waals surface area (Å²) < 4.78 is 0.772. The van der Waals surface area contributed by atoms with Crippen LogP contribution in [0.2, 0.25) is 0 Å². The number of rotatable bonds is 1. The molecule has 0 fully saturated rings. The fraction of sp³-hybridized carbons (Fsp3) is 0. The third kappa shape index (κ3) is 1.51. The number of H-pyrrole nitrogens is 1. The summed E-state index contributed by atoms with van der Waals surface area (Å²) in [6.45, 7) is 0. The van der Waals surface area contributed by atoms with Crippen LogP contribution in [-0.2, 0) is 0 Å². The molecule has 0 saturated carbocycles. The average Bonchev–Trinajstić information content (AvgIpc) is 2.78. The predicted molar refractivity (Wildman–Crippen MR) is 71.3 cm³/mol. The van der Waals surface area contributed by atoms with E-state index in [0.29, 0.717) is 20.3 Å². The molecule has 0 aliphatic carbocycles. The van der Waals surface area contributed by atoms with Crippen LogP contribution < -0.4 is 5.43 Å². The van der Waals surface area contributed by atoms with Crippen LogP contribution in [-0.4, -0.2) is 9.91 Å². The second-order valence-corrected chi connectivity index (χ2v) is 4.88. The normalized spacial score (nSPS) is 10.7. The summed E-state index contributed by atoms with van der Waals surface area (Å²) in [7, 11) is 0. The fourth-order valence-corrected chi connectivity index (χ4v) is 3.17. The Morgan fingerprint density at radius 3 is 2.84 bits per heavy atom. The molecule has 0 atom stereocenters. The van der Waals surface area contributed by atoms with Crippen molar-refractivity contribution in [3.05, 3.63) is 50.3 Å². The number of aromatic amines is 1. The van der Waals surface area contributed by atoms with E-state index in [9.17, 15) is 14.9 Å². The Kier molecular flexibility index (Phi) is 2.33. The minimum Gasteiger partial charge on any atom is -0.359 e. The summed E-state index contributed by atoms with van der Waals surface area (Å²) in [6.07, 6.45) is 1.33. The van der Waals surface area contributed by atoms with Crippen molar-refractivity contribution in [2.45, 2.75) is 0 Å². The van der Waals surface area contributed by atoms with E-state index < -0.39 is 10.4 Å². The Balaban J connectivity index is 2.56. The molecule has 0 aliphatic heterocycles. The molecule has 0 unspecified atom stereocenters. The molecule has 19 heavy (non-hydrogen) atoms. The van der Waals surface area contributed by atoms with Crippen molar-refractivity contribution < 1.29 is 4.92 Å². The first-order valence-electron chi connectivity index (χ1n) is 5.25. The predicted octanol–water partition coefficient (Wildman–Crippen LogP) is 2.52. The van der Waals surface area contributed by atoms with Crippen molar-refractivity contribution in [1.82, 2.24) is 4.98 Å². The summed E-state index contributed by atoms with van der Waals surface area (Å²) in [4.78, 5) is 25.4. The second-order valence-electron chi connectivity index (χ2n) is 3.86. The van der Waals surface area contributed by atoms with Crippen LogP contribution in [0.25, 0.3) is 20.3 Å². The number of aromatic nitrogens is 1. The first-order valence-corrected chi connectivity index (χ1v) is 6.06. The van der Waals surface area contributed by atoms with Gasteiger partial charge >= 0.3 is 0 Å². The van der Waals surface area contributed by atoms with Crippen LogP contribution in [0.4, 0.5) is 5.69 Å². The van der Waals surface area contributed by atoms with Crippen molar-refractivity contribution in [3.63, 3.8) is 0 Å². The smallest absolute Gasteiger partial charge is 0.287 e. The third-order valence-corrected chi connectivity index (χ3v) is 4.05. The molecule has 3 aromatic rings. The molecule has 0 saturated heterocycles. The first-order chi connectivity index (χ1) is 9.13. The van der Waals surface area contributed by atoms with Gasteiger partial charge in [0.05, 0.1) is 10.4 Å². The van der Waals surface area contributed by atoms with Crippen LogP contribution in [0.5, 0.6) is 0 Å². The van der Waals surface area contributed by atoms with E-state index in [1.165, 1.54) is 12.3 Å². The van der Waals surface area contributed by atoms with Gasteiger partial charge in [0.2, 0.25) is 5.43 Å². The number of benzene rings is 1. The van der Waals surface area contributed by atoms with Gasteiger partial charge in [-0.15, -0.1) is 11.3 Å². The van der Waals surface area contributed by atoms with Gasteiger partial charge in [0, 0.05) is 17.6 Å². The number of nitro groups is 1. The standard InChI is InChI=1S/C12H5N3O3S/c13-4-6-5-14-9-7-2-1-3-8(15(17)18)11(7)19-12(9)10(6)16/h1-3,5H,(H,14,16). The second kappa shape index (κ2) is 3.90. The summed E-state index contributed by atoms with van der Waals surface area (Å²) in [5.41, 5.74) is 0.103. The number of non-ortho nitro benzene ring substituents is 1. The van der Waals surface area contributed by atoms with E-state index in [2.05, 4.69) is 4.98 Å². The van der Waals surface area contributed by atoms with Gasteiger partial charge in [-0.05, 0) is 0 Å². The molecule has 1 N–H and O–H groups in total. The monoisotopic (exact) mass is 271 g/mol. The Morgan fingerprint density at radius 1 is 1.37 bits per heavy atom. The van der Waals surface area contributed by atoms with Gasteiger partial charge in [0.15, 0.2) is 0 Å². The van der Waals surface area contributed by atoms with Crippen LogP contribution in [0.1, 0.15) is 5.56 Å². The van der Waals surface area contributed by atoms with Crippen LogP contribution >= 0.6 is 11.3 Å². The Labute approximate surface area is 109 Å². The zero-order chi connectivity index (χ0) is 13.6. The molecule has 0 amide bonds. The maximum absolute atomic E-state index is 12.0. The lowest BCUT2D eigenvalue weighted by atomic mass is 10.2. The van der Waals surface area contributed by atoms with Crippen LogP contribution in [0.3, 0.4) is 0 Å². The van der Waals surface area contributed by atoms with Crippen molar-refractivity contribution in [2.24, 2.45) is 0 Å². The Morgan fingerprint density at radius 2 is 2.16 bits per heavy atom. The van der Waals surface area contributed by atoms with Gasteiger partial charge in [0.1, 0.15) is 21.0 Å². The number of hydrogen-bond acceptors (Lipinski definition) is 5. The van der Waals surface area contributed by atoms with E-state index in [4.69, 9.17) is 5.26 Å². The Hall–Kier alpha value is -2.72. The molecular weight excluding hydrogens is 266 g/mol. The lowest BCUT2D eigenvalue weighted by molar-refractivity contribution is -0.382. The quantitative estimate of drug-likeness (QED) is 0.542. The molecule has 1 aromatic carbocycles. The number of fused-ring (bicyclic) bond motifs is 3. The van der Waals surface area contributed by atoms with Gasteiger partial charge in [0.25, 0.3) is 5.69 Å². The van der Waals surface area contributed by atoms with Crippen molar-refractivity contribution in [2.75, 3.05) is 0 Å². The maximum atomic E-state index is 12.0. The zero-order valence-electron chi connectivity index (χ0n) is 9.34. The number of nitrogens with one attached hydrogen (secondary N) is 1. The minimum atomic E-state index is -0.479.